The van der Waals surface area contributed by atoms with Gasteiger partial charge in [0, 0.05) is 108 Å². The lowest BCUT2D eigenvalue weighted by Gasteiger charge is -2.41. The number of benzene rings is 16. The second-order valence-electron chi connectivity index (χ2n) is 28.9. The van der Waals surface area contributed by atoms with E-state index in [-0.39, 0.29) is 20.1 Å². The molecule has 6 aliphatic rings. The molecule has 0 unspecified atom stereocenters. The summed E-state index contributed by atoms with van der Waals surface area (Å²) in [4.78, 5) is 9.75. The molecule has 0 amide bonds. The summed E-state index contributed by atoms with van der Waals surface area (Å²) in [6.07, 6.45) is 0. The number of hydrogen-bond acceptors (Lipinski definition) is 7. The van der Waals surface area contributed by atoms with Crippen molar-refractivity contribution >= 4 is 181 Å². The highest BCUT2D eigenvalue weighted by Gasteiger charge is 2.48. The highest BCUT2D eigenvalue weighted by Crippen LogP contribution is 2.55. The number of fused-ring (bicyclic) bond motifs is 19. The number of nitrogens with zero attached hydrogens (tertiary/aromatic N) is 6. The first-order chi connectivity index (χ1) is 53.6. The van der Waals surface area contributed by atoms with Crippen molar-refractivity contribution in [3.8, 4) is 45.9 Å². The van der Waals surface area contributed by atoms with Crippen LogP contribution in [0.15, 0.2) is 358 Å². The molecule has 108 heavy (non-hydrogen) atoms. The molecule has 6 aliphatic heterocycles. The van der Waals surface area contributed by atoms with Crippen molar-refractivity contribution in [3.63, 3.8) is 0 Å². The first-order valence-electron chi connectivity index (χ1n) is 37.2. The summed E-state index contributed by atoms with van der Waals surface area (Å²) in [6, 6.07) is 131. The van der Waals surface area contributed by atoms with Gasteiger partial charge in [-0.3, -0.25) is 0 Å². The SMILES string of the molecule is c1ccc(N(c2ccccc2)c2cc3c4c(c2)N(c2cc5c(c6cccc7c6n5-c5cc(N(c6ccccc6)c6ccccc6)cc6c5B7c5ccccc5O6)c5c2c2cccc6c2n5-c2cc(N(c5ccccc5)c5ccccc5)cc5c2B6c2ccccc2O5)c2ccccc2B4c2ccccc2O3)cc1. The summed E-state index contributed by atoms with van der Waals surface area (Å²) in [5, 5.41) is 4.55. The monoisotopic (exact) mass is 1380 g/mol. The molecular formula is C96H59B3N6O3. The average molecular weight is 1380 g/mol. The number of aromatic nitrogens is 2. The fourth-order valence-corrected chi connectivity index (χ4v) is 19.2. The van der Waals surface area contributed by atoms with Crippen molar-refractivity contribution in [3.05, 3.63) is 358 Å². The molecule has 12 heteroatoms. The molecular weight excluding hydrogens is 1320 g/mol. The lowest BCUT2D eigenvalue weighted by Crippen LogP contribution is -2.59. The van der Waals surface area contributed by atoms with E-state index < -0.39 is 0 Å². The Labute approximate surface area is 624 Å². The van der Waals surface area contributed by atoms with Crippen LogP contribution < -0.4 is 83.0 Å². The summed E-state index contributed by atoms with van der Waals surface area (Å²) in [6.45, 7) is -0.536. The molecule has 500 valence electrons. The van der Waals surface area contributed by atoms with Gasteiger partial charge in [-0.05, 0) is 170 Å². The minimum Gasteiger partial charge on any atom is -0.458 e. The maximum absolute atomic E-state index is 7.46. The van der Waals surface area contributed by atoms with Gasteiger partial charge in [0.15, 0.2) is 0 Å². The fourth-order valence-electron chi connectivity index (χ4n) is 19.2. The van der Waals surface area contributed by atoms with Gasteiger partial charge in [-0.15, -0.1) is 0 Å². The number of para-hydroxylation sites is 12. The highest BCUT2D eigenvalue weighted by atomic mass is 16.5. The molecule has 2 aromatic heterocycles. The van der Waals surface area contributed by atoms with Crippen LogP contribution in [0.1, 0.15) is 0 Å². The van der Waals surface area contributed by atoms with E-state index >= 15 is 0 Å². The van der Waals surface area contributed by atoms with Gasteiger partial charge in [-0.1, -0.05) is 218 Å². The molecule has 0 fully saturated rings. The molecule has 0 spiro atoms. The Bertz CT molecular complexity index is 6720. The normalized spacial score (nSPS) is 13.1. The predicted molar refractivity (Wildman–Crippen MR) is 447 cm³/mol. The highest BCUT2D eigenvalue weighted by molar-refractivity contribution is 7.01. The zero-order chi connectivity index (χ0) is 70.4. The van der Waals surface area contributed by atoms with Crippen LogP contribution in [0.5, 0.6) is 34.5 Å². The molecule has 8 heterocycles. The van der Waals surface area contributed by atoms with E-state index in [1.807, 2.05) is 0 Å². The second-order valence-corrected chi connectivity index (χ2v) is 28.9. The fraction of sp³-hybridized carbons (Fsp3) is 0. The molecule has 0 atom stereocenters. The Hall–Kier alpha value is -14.1. The summed E-state index contributed by atoms with van der Waals surface area (Å²) in [7, 11) is 0. The maximum atomic E-state index is 7.46. The Morgan fingerprint density at radius 3 is 0.963 bits per heavy atom. The van der Waals surface area contributed by atoms with E-state index in [1.165, 1.54) is 16.4 Å². The van der Waals surface area contributed by atoms with Crippen molar-refractivity contribution < 1.29 is 14.2 Å². The zero-order valence-corrected chi connectivity index (χ0v) is 58.2. The maximum Gasteiger partial charge on any atom is 0.256 e. The first kappa shape index (κ1) is 59.3. The van der Waals surface area contributed by atoms with Crippen LogP contribution in [0.4, 0.5) is 68.2 Å². The summed E-state index contributed by atoms with van der Waals surface area (Å²) < 4.78 is 27.6. The third-order valence-corrected chi connectivity index (χ3v) is 23.3. The van der Waals surface area contributed by atoms with Gasteiger partial charge in [0.1, 0.15) is 34.5 Å². The second kappa shape index (κ2) is 22.7. The summed E-state index contributed by atoms with van der Waals surface area (Å²) in [5.41, 5.74) is 29.1. The van der Waals surface area contributed by atoms with Gasteiger partial charge in [0.2, 0.25) is 0 Å². The molecule has 0 saturated heterocycles. The molecule has 0 N–H and O–H groups in total. The predicted octanol–water partition coefficient (Wildman–Crippen LogP) is 18.6. The minimum absolute atomic E-state index is 0.174. The average Bonchev–Trinajstić information content (AvgIpc) is 1.48. The summed E-state index contributed by atoms with van der Waals surface area (Å²) >= 11 is 0. The number of rotatable bonds is 10. The Morgan fingerprint density at radius 1 is 0.213 bits per heavy atom. The van der Waals surface area contributed by atoms with Crippen molar-refractivity contribution in [1.82, 2.24) is 9.13 Å². The van der Waals surface area contributed by atoms with Gasteiger partial charge < -0.3 is 42.9 Å². The van der Waals surface area contributed by atoms with Crippen LogP contribution in [0.25, 0.3) is 55.0 Å². The Balaban J connectivity index is 0.892. The number of hydrogen-bond donors (Lipinski definition) is 0. The topological polar surface area (TPSA) is 50.5 Å². The third-order valence-electron chi connectivity index (χ3n) is 23.3. The van der Waals surface area contributed by atoms with E-state index in [0.717, 1.165) is 191 Å². The Kier molecular flexibility index (Phi) is 12.5. The minimum atomic E-state index is -0.187. The van der Waals surface area contributed by atoms with Crippen LogP contribution in [0.2, 0.25) is 0 Å². The molecule has 0 radical (unpaired) electrons. The van der Waals surface area contributed by atoms with Crippen LogP contribution in [-0.4, -0.2) is 29.3 Å². The number of ether oxygens (including phenoxy) is 3. The summed E-state index contributed by atoms with van der Waals surface area (Å²) in [5.74, 6) is 5.00. The molecule has 9 nitrogen and oxygen atoms in total. The van der Waals surface area contributed by atoms with Crippen LogP contribution in [0.3, 0.4) is 0 Å². The van der Waals surface area contributed by atoms with E-state index in [9.17, 15) is 0 Å². The zero-order valence-electron chi connectivity index (χ0n) is 58.2. The van der Waals surface area contributed by atoms with Crippen LogP contribution in [0, 0.1) is 0 Å². The lowest BCUT2D eigenvalue weighted by atomic mass is 9.34. The molecule has 0 aliphatic carbocycles. The van der Waals surface area contributed by atoms with Gasteiger partial charge in [0.25, 0.3) is 20.1 Å². The molecule has 24 rings (SSSR count). The molecule has 0 saturated carbocycles. The van der Waals surface area contributed by atoms with Crippen molar-refractivity contribution in [2.24, 2.45) is 0 Å². The van der Waals surface area contributed by atoms with Crippen molar-refractivity contribution in [2.45, 2.75) is 0 Å². The van der Waals surface area contributed by atoms with E-state index in [1.54, 1.807) is 0 Å². The van der Waals surface area contributed by atoms with E-state index in [0.29, 0.717) is 0 Å². The molecule has 0 bridgehead atoms. The van der Waals surface area contributed by atoms with Crippen LogP contribution in [-0.2, 0) is 0 Å². The number of anilines is 12. The standard InChI is InChI=1S/C96H59B3N6O3/c1-7-29-60(30-8-1)100(61-31-9-2-10-32-61)66-53-80-91-86(56-66)106-83-50-24-20-44-72(83)97(91)71-43-19-23-49-77(71)103(80)78-59-79-90(69-41-27-47-75-94(69)104(79)81-54-67(57-87-92(81)98(75)73-45-21-25-51-84(73)107-87)101(62-33-11-3-12-34-62)63-35-13-4-14-36-63)96-89(78)70-42-28-48-76-95(70)105(96)82-55-68(58-88-93(82)99(76)74-46-22-26-52-85(74)108-88)102(64-37-15-5-16-38-64)65-39-17-6-18-40-65/h1-59H. The largest absolute Gasteiger partial charge is 0.458 e. The van der Waals surface area contributed by atoms with Crippen molar-refractivity contribution in [2.75, 3.05) is 19.6 Å². The Morgan fingerprint density at radius 2 is 0.537 bits per heavy atom. The lowest BCUT2D eigenvalue weighted by molar-refractivity contribution is 0.487. The first-order valence-corrected chi connectivity index (χ1v) is 37.2. The molecule has 16 aromatic carbocycles. The quantitative estimate of drug-likeness (QED) is 0.126. The van der Waals surface area contributed by atoms with Crippen molar-refractivity contribution in [1.29, 1.82) is 0 Å². The van der Waals surface area contributed by atoms with Gasteiger partial charge in [0.05, 0.1) is 33.8 Å². The third kappa shape index (κ3) is 8.33. The smallest absolute Gasteiger partial charge is 0.256 e. The van der Waals surface area contributed by atoms with Gasteiger partial charge in [-0.25, -0.2) is 0 Å². The van der Waals surface area contributed by atoms with Crippen LogP contribution >= 0.6 is 0 Å². The van der Waals surface area contributed by atoms with Gasteiger partial charge >= 0.3 is 0 Å². The van der Waals surface area contributed by atoms with E-state index in [4.69, 9.17) is 14.2 Å². The van der Waals surface area contributed by atoms with Gasteiger partial charge in [-0.2, -0.15) is 0 Å². The molecule has 18 aromatic rings. The van der Waals surface area contributed by atoms with E-state index in [2.05, 4.69) is 387 Å².